The van der Waals surface area contributed by atoms with Crippen LogP contribution in [0.1, 0.15) is 28.2 Å². The van der Waals surface area contributed by atoms with Crippen molar-refractivity contribution in [1.29, 1.82) is 0 Å². The van der Waals surface area contributed by atoms with Gasteiger partial charge in [0.2, 0.25) is 0 Å². The minimum atomic E-state index is -1.08. The first-order valence-electron chi connectivity index (χ1n) is 5.38. The molecule has 19 heavy (non-hydrogen) atoms. The maximum atomic E-state index is 11.0. The van der Waals surface area contributed by atoms with Gasteiger partial charge in [-0.15, -0.1) is 11.3 Å². The van der Waals surface area contributed by atoms with Crippen molar-refractivity contribution >= 4 is 46.3 Å². The fourth-order valence-electron chi connectivity index (χ4n) is 1.54. The van der Waals surface area contributed by atoms with E-state index in [1.54, 1.807) is 0 Å². The summed E-state index contributed by atoms with van der Waals surface area (Å²) >= 11 is 13.1. The molecule has 0 bridgehead atoms. The molecule has 1 atom stereocenters. The molecule has 0 fully saturated rings. The highest BCUT2D eigenvalue weighted by molar-refractivity contribution is 7.16. The molecule has 1 unspecified atom stereocenters. The number of carboxylic acid groups (broad SMARTS) is 1. The van der Waals surface area contributed by atoms with E-state index in [0.717, 1.165) is 4.88 Å². The molecule has 0 spiro atoms. The molecule has 0 radical (unpaired) electrons. The van der Waals surface area contributed by atoms with Crippen molar-refractivity contribution in [2.45, 2.75) is 13.0 Å². The minimum Gasteiger partial charge on any atom is -0.478 e. The number of halogens is 2. The van der Waals surface area contributed by atoms with Gasteiger partial charge in [-0.1, -0.05) is 23.2 Å². The lowest BCUT2D eigenvalue weighted by atomic mass is 10.2. The molecule has 0 aliphatic heterocycles. The number of anilines is 1. The van der Waals surface area contributed by atoms with Crippen LogP contribution in [0.15, 0.2) is 24.4 Å². The lowest BCUT2D eigenvalue weighted by molar-refractivity contribution is 0.0697. The van der Waals surface area contributed by atoms with Crippen molar-refractivity contribution in [2.24, 2.45) is 0 Å². The highest BCUT2D eigenvalue weighted by Crippen LogP contribution is 2.29. The van der Waals surface area contributed by atoms with Crippen molar-refractivity contribution in [3.63, 3.8) is 0 Å². The first-order chi connectivity index (χ1) is 8.97. The lowest BCUT2D eigenvalue weighted by Crippen LogP contribution is -2.08. The molecular formula is C12H10Cl2N2O2S. The molecule has 2 aromatic rings. The average Bonchev–Trinajstić information content (AvgIpc) is 2.78. The minimum absolute atomic E-state index is 0.0205. The van der Waals surface area contributed by atoms with Crippen LogP contribution in [-0.4, -0.2) is 16.1 Å². The summed E-state index contributed by atoms with van der Waals surface area (Å²) in [6.45, 7) is 1.94. The molecule has 4 nitrogen and oxygen atoms in total. The van der Waals surface area contributed by atoms with E-state index < -0.39 is 5.97 Å². The highest BCUT2D eigenvalue weighted by Gasteiger charge is 2.13. The zero-order chi connectivity index (χ0) is 14.0. The van der Waals surface area contributed by atoms with Crippen LogP contribution in [0.25, 0.3) is 0 Å². The maximum Gasteiger partial charge on any atom is 0.337 e. The van der Waals surface area contributed by atoms with Crippen molar-refractivity contribution in [3.05, 3.63) is 44.2 Å². The van der Waals surface area contributed by atoms with E-state index in [2.05, 4.69) is 10.3 Å². The maximum absolute atomic E-state index is 11.0. The number of carboxylic acids is 1. The summed E-state index contributed by atoms with van der Waals surface area (Å²) in [6.07, 6.45) is 1.32. The Bertz CT molecular complexity index is 616. The van der Waals surface area contributed by atoms with E-state index >= 15 is 0 Å². The van der Waals surface area contributed by atoms with Gasteiger partial charge in [0, 0.05) is 11.1 Å². The quantitative estimate of drug-likeness (QED) is 0.881. The molecule has 0 saturated heterocycles. The number of thiophene rings is 1. The number of nitrogens with one attached hydrogen (secondary N) is 1. The van der Waals surface area contributed by atoms with Crippen LogP contribution in [0, 0.1) is 0 Å². The molecule has 2 rings (SSSR count). The third-order valence-electron chi connectivity index (χ3n) is 2.47. The third-order valence-corrected chi connectivity index (χ3v) is 4.19. The largest absolute Gasteiger partial charge is 0.478 e. The summed E-state index contributed by atoms with van der Waals surface area (Å²) in [4.78, 5) is 16.1. The summed E-state index contributed by atoms with van der Waals surface area (Å²) in [5.41, 5.74) is 0.0237. The summed E-state index contributed by atoms with van der Waals surface area (Å²) < 4.78 is 0.707. The normalized spacial score (nSPS) is 12.2. The fourth-order valence-corrected chi connectivity index (χ4v) is 2.78. The second kappa shape index (κ2) is 5.77. The summed E-state index contributed by atoms with van der Waals surface area (Å²) in [6, 6.07) is 5.13. The molecule has 7 heteroatoms. The molecule has 2 heterocycles. The molecule has 0 aliphatic rings. The van der Waals surface area contributed by atoms with Crippen LogP contribution in [0.2, 0.25) is 9.36 Å². The summed E-state index contributed by atoms with van der Waals surface area (Å²) in [5, 5.41) is 12.2. The van der Waals surface area contributed by atoms with E-state index in [1.807, 2.05) is 19.1 Å². The van der Waals surface area contributed by atoms with Gasteiger partial charge in [0.05, 0.1) is 21.0 Å². The van der Waals surface area contributed by atoms with Crippen LogP contribution in [0.3, 0.4) is 0 Å². The third kappa shape index (κ3) is 3.37. The van der Waals surface area contributed by atoms with Crippen molar-refractivity contribution in [2.75, 3.05) is 5.32 Å². The number of pyridine rings is 1. The van der Waals surface area contributed by atoms with Crippen LogP contribution in [-0.2, 0) is 0 Å². The Labute approximate surface area is 124 Å². The number of hydrogen-bond donors (Lipinski definition) is 2. The first kappa shape index (κ1) is 14.1. The number of carbonyl (C=O) groups is 1. The van der Waals surface area contributed by atoms with E-state index in [-0.39, 0.29) is 16.6 Å². The molecular weight excluding hydrogens is 307 g/mol. The van der Waals surface area contributed by atoms with Gasteiger partial charge in [0.1, 0.15) is 5.82 Å². The van der Waals surface area contributed by atoms with Crippen molar-refractivity contribution in [3.8, 4) is 0 Å². The van der Waals surface area contributed by atoms with E-state index in [9.17, 15) is 4.79 Å². The Kier molecular flexibility index (Phi) is 4.29. The van der Waals surface area contributed by atoms with Crippen LogP contribution < -0.4 is 5.32 Å². The van der Waals surface area contributed by atoms with Crippen molar-refractivity contribution in [1.82, 2.24) is 4.98 Å². The predicted octanol–water partition coefficient (Wildman–Crippen LogP) is 4.32. The first-order valence-corrected chi connectivity index (χ1v) is 6.95. The Morgan fingerprint density at radius 1 is 1.47 bits per heavy atom. The van der Waals surface area contributed by atoms with Crippen LogP contribution in [0.4, 0.5) is 5.82 Å². The van der Waals surface area contributed by atoms with E-state index in [1.165, 1.54) is 23.6 Å². The number of rotatable bonds is 4. The van der Waals surface area contributed by atoms with Gasteiger partial charge in [0.15, 0.2) is 0 Å². The lowest BCUT2D eigenvalue weighted by Gasteiger charge is -2.13. The van der Waals surface area contributed by atoms with Gasteiger partial charge in [-0.3, -0.25) is 0 Å². The molecule has 0 saturated carbocycles. The van der Waals surface area contributed by atoms with Gasteiger partial charge < -0.3 is 10.4 Å². The van der Waals surface area contributed by atoms with Crippen LogP contribution >= 0.6 is 34.5 Å². The molecule has 0 amide bonds. The molecule has 0 aliphatic carbocycles. The van der Waals surface area contributed by atoms with Gasteiger partial charge in [0.25, 0.3) is 0 Å². The Morgan fingerprint density at radius 3 is 2.79 bits per heavy atom. The summed E-state index contributed by atoms with van der Waals surface area (Å²) in [5.74, 6) is -0.624. The standard InChI is InChI=1S/C12H10Cl2N2O2S/c1-6(9-2-3-10(14)19-9)16-11-4-7(12(17)18)8(13)5-15-11/h2-6H,1H3,(H,15,16)(H,17,18). The molecule has 100 valence electrons. The SMILES string of the molecule is CC(Nc1cc(C(=O)O)c(Cl)cn1)c1ccc(Cl)s1. The van der Waals surface area contributed by atoms with E-state index in [0.29, 0.717) is 10.2 Å². The van der Waals surface area contributed by atoms with Gasteiger partial charge in [-0.2, -0.15) is 0 Å². The molecule has 2 aromatic heterocycles. The monoisotopic (exact) mass is 316 g/mol. The Balaban J connectivity index is 2.19. The second-order valence-electron chi connectivity index (χ2n) is 3.86. The Morgan fingerprint density at radius 2 is 2.21 bits per heavy atom. The van der Waals surface area contributed by atoms with Gasteiger partial charge >= 0.3 is 5.97 Å². The zero-order valence-electron chi connectivity index (χ0n) is 9.85. The molecule has 2 N–H and O–H groups in total. The highest BCUT2D eigenvalue weighted by atomic mass is 35.5. The number of hydrogen-bond acceptors (Lipinski definition) is 4. The number of aromatic carboxylic acids is 1. The van der Waals surface area contributed by atoms with E-state index in [4.69, 9.17) is 28.3 Å². The van der Waals surface area contributed by atoms with Crippen LogP contribution in [0.5, 0.6) is 0 Å². The van der Waals surface area contributed by atoms with Gasteiger partial charge in [-0.25, -0.2) is 9.78 Å². The van der Waals surface area contributed by atoms with Gasteiger partial charge in [-0.05, 0) is 25.1 Å². The summed E-state index contributed by atoms with van der Waals surface area (Å²) in [7, 11) is 0. The topological polar surface area (TPSA) is 62.2 Å². The number of nitrogens with zero attached hydrogens (tertiary/aromatic N) is 1. The van der Waals surface area contributed by atoms with Crippen molar-refractivity contribution < 1.29 is 9.90 Å². The average molecular weight is 317 g/mol. The fraction of sp³-hybridized carbons (Fsp3) is 0.167. The zero-order valence-corrected chi connectivity index (χ0v) is 12.2. The predicted molar refractivity (Wildman–Crippen MR) is 77.6 cm³/mol. The smallest absolute Gasteiger partial charge is 0.337 e. The second-order valence-corrected chi connectivity index (χ2v) is 6.02. The Hall–Kier alpha value is -1.30. The molecule has 0 aromatic carbocycles. The number of aromatic nitrogens is 1.